The zero-order valence-corrected chi connectivity index (χ0v) is 18.7. The Morgan fingerprint density at radius 1 is 1.03 bits per heavy atom. The number of piperazine rings is 1. The van der Waals surface area contributed by atoms with Gasteiger partial charge in [-0.1, -0.05) is 30.3 Å². The summed E-state index contributed by atoms with van der Waals surface area (Å²) in [6.07, 6.45) is 5.80. The van der Waals surface area contributed by atoms with E-state index in [-0.39, 0.29) is 11.9 Å². The van der Waals surface area contributed by atoms with Crippen molar-refractivity contribution in [3.63, 3.8) is 0 Å². The normalized spacial score (nSPS) is 21.2. The van der Waals surface area contributed by atoms with Crippen molar-refractivity contribution in [2.24, 2.45) is 7.05 Å². The zero-order chi connectivity index (χ0) is 21.8. The maximum Gasteiger partial charge on any atom is 0.236 e. The van der Waals surface area contributed by atoms with Crippen molar-refractivity contribution in [1.82, 2.24) is 18.7 Å². The van der Waals surface area contributed by atoms with Gasteiger partial charge in [0.25, 0.3) is 0 Å². The quantitative estimate of drug-likeness (QED) is 0.689. The summed E-state index contributed by atoms with van der Waals surface area (Å²) in [6, 6.07) is 13.8. The molecule has 0 saturated carbocycles. The number of likely N-dealkylation sites (tertiary alicyclic amines) is 1. The number of carbonyl (C=O) groups excluding carboxylic acids is 1. The molecular weight excluding hydrogens is 412 g/mol. The number of hydrogen-bond donors (Lipinski definition) is 0. The van der Waals surface area contributed by atoms with Gasteiger partial charge < -0.3 is 9.47 Å². The Labute approximate surface area is 184 Å². The van der Waals surface area contributed by atoms with Gasteiger partial charge in [-0.15, -0.1) is 0 Å². The van der Waals surface area contributed by atoms with Crippen molar-refractivity contribution >= 4 is 22.0 Å². The van der Waals surface area contributed by atoms with Crippen LogP contribution in [0.15, 0.2) is 54.1 Å². The summed E-state index contributed by atoms with van der Waals surface area (Å²) in [5, 5.41) is 1.26. The van der Waals surface area contributed by atoms with Gasteiger partial charge in [0.2, 0.25) is 15.9 Å². The van der Waals surface area contributed by atoms with Crippen LogP contribution in [0.4, 0.5) is 0 Å². The van der Waals surface area contributed by atoms with Gasteiger partial charge >= 0.3 is 0 Å². The highest BCUT2D eigenvalue weighted by Gasteiger charge is 2.32. The molecule has 7 nitrogen and oxygen atoms in total. The highest BCUT2D eigenvalue weighted by Crippen LogP contribution is 2.31. The molecule has 0 radical (unpaired) electrons. The minimum Gasteiger partial charge on any atom is -0.353 e. The van der Waals surface area contributed by atoms with Gasteiger partial charge in [-0.25, -0.2) is 8.42 Å². The van der Waals surface area contributed by atoms with Crippen molar-refractivity contribution in [1.29, 1.82) is 0 Å². The topological polar surface area (TPSA) is 65.9 Å². The summed E-state index contributed by atoms with van der Waals surface area (Å²) in [5.74, 6) is 0.0815. The summed E-state index contributed by atoms with van der Waals surface area (Å²) in [7, 11) is -1.45. The summed E-state index contributed by atoms with van der Waals surface area (Å²) in [6.45, 7) is 2.82. The van der Waals surface area contributed by atoms with Crippen LogP contribution in [0.25, 0.3) is 6.08 Å². The molecule has 2 fully saturated rings. The van der Waals surface area contributed by atoms with Crippen molar-refractivity contribution in [2.45, 2.75) is 18.9 Å². The summed E-state index contributed by atoms with van der Waals surface area (Å²) in [4.78, 5) is 17.0. The molecule has 4 rings (SSSR count). The number of hydrogen-bond acceptors (Lipinski definition) is 4. The Hall–Kier alpha value is -2.42. The third kappa shape index (κ3) is 5.08. The van der Waals surface area contributed by atoms with Gasteiger partial charge in [0.05, 0.1) is 12.6 Å². The van der Waals surface area contributed by atoms with Crippen LogP contribution < -0.4 is 0 Å². The average Bonchev–Trinajstić information content (AvgIpc) is 3.41. The van der Waals surface area contributed by atoms with Crippen molar-refractivity contribution in [3.05, 3.63) is 65.3 Å². The molecule has 2 aliphatic heterocycles. The van der Waals surface area contributed by atoms with E-state index < -0.39 is 10.0 Å². The Kier molecular flexibility index (Phi) is 6.60. The third-order valence-electron chi connectivity index (χ3n) is 6.21. The van der Waals surface area contributed by atoms with E-state index in [9.17, 15) is 13.2 Å². The lowest BCUT2D eigenvalue weighted by atomic mass is 10.1. The highest BCUT2D eigenvalue weighted by atomic mass is 32.2. The maximum absolute atomic E-state index is 12.9. The molecule has 8 heteroatoms. The molecule has 0 spiro atoms. The Morgan fingerprint density at radius 3 is 2.45 bits per heavy atom. The number of benzene rings is 1. The molecule has 166 valence electrons. The van der Waals surface area contributed by atoms with Crippen LogP contribution in [0.3, 0.4) is 0 Å². The van der Waals surface area contributed by atoms with Gasteiger partial charge in [0.15, 0.2) is 0 Å². The van der Waals surface area contributed by atoms with Crippen molar-refractivity contribution in [3.8, 4) is 0 Å². The smallest absolute Gasteiger partial charge is 0.236 e. The number of sulfonamides is 1. The van der Waals surface area contributed by atoms with Crippen LogP contribution in [0.2, 0.25) is 0 Å². The van der Waals surface area contributed by atoms with Crippen molar-refractivity contribution in [2.75, 3.05) is 39.3 Å². The summed E-state index contributed by atoms with van der Waals surface area (Å²) in [5.41, 5.74) is 2.09. The molecule has 31 heavy (non-hydrogen) atoms. The van der Waals surface area contributed by atoms with Crippen LogP contribution in [-0.2, 0) is 21.9 Å². The van der Waals surface area contributed by atoms with E-state index in [1.165, 1.54) is 15.4 Å². The lowest BCUT2D eigenvalue weighted by molar-refractivity contribution is -0.133. The standard InChI is InChI=1S/C23H30N4O3S/c1-24-12-5-9-21(24)22-10-6-13-26(22)19-23(28)25-14-16-27(17-15-25)31(29,30)18-11-20-7-3-2-4-8-20/h2-5,7-9,11-12,18,22H,6,10,13-17,19H2,1H3. The van der Waals surface area contributed by atoms with E-state index in [0.717, 1.165) is 24.9 Å². The molecule has 0 N–H and O–H groups in total. The molecule has 2 aliphatic rings. The minimum absolute atomic E-state index is 0.0815. The van der Waals surface area contributed by atoms with Gasteiger partial charge in [-0.3, -0.25) is 9.69 Å². The molecule has 0 aliphatic carbocycles. The van der Waals surface area contributed by atoms with E-state index >= 15 is 0 Å². The van der Waals surface area contributed by atoms with Crippen LogP contribution in [0.1, 0.15) is 30.1 Å². The Bertz CT molecular complexity index is 1020. The largest absolute Gasteiger partial charge is 0.353 e. The number of amides is 1. The first-order chi connectivity index (χ1) is 14.9. The first-order valence-corrected chi connectivity index (χ1v) is 12.3. The highest BCUT2D eigenvalue weighted by molar-refractivity contribution is 7.92. The molecule has 1 amide bonds. The Morgan fingerprint density at radius 2 is 1.77 bits per heavy atom. The number of nitrogens with zero attached hydrogens (tertiary/aromatic N) is 4. The Balaban J connectivity index is 1.31. The molecule has 2 saturated heterocycles. The molecular formula is C23H30N4O3S. The predicted molar refractivity (Wildman–Crippen MR) is 122 cm³/mol. The second kappa shape index (κ2) is 9.38. The zero-order valence-electron chi connectivity index (χ0n) is 17.9. The third-order valence-corrected chi connectivity index (χ3v) is 7.78. The van der Waals surface area contributed by atoms with E-state index in [1.54, 1.807) is 11.0 Å². The first-order valence-electron chi connectivity index (χ1n) is 10.8. The average molecular weight is 443 g/mol. The monoisotopic (exact) mass is 442 g/mol. The van der Waals surface area contributed by atoms with Gasteiger partial charge in [-0.05, 0) is 43.2 Å². The molecule has 3 heterocycles. The summed E-state index contributed by atoms with van der Waals surface area (Å²) < 4.78 is 28.9. The van der Waals surface area contributed by atoms with Gasteiger partial charge in [0.1, 0.15) is 0 Å². The predicted octanol–water partition coefficient (Wildman–Crippen LogP) is 2.31. The lowest BCUT2D eigenvalue weighted by Gasteiger charge is -2.35. The SMILES string of the molecule is Cn1cccc1C1CCCN1CC(=O)N1CCN(S(=O)(=O)C=Cc2ccccc2)CC1. The first kappa shape index (κ1) is 21.8. The fourth-order valence-corrected chi connectivity index (χ4v) is 5.62. The van der Waals surface area contributed by atoms with E-state index in [1.807, 2.05) is 49.6 Å². The van der Waals surface area contributed by atoms with Crippen LogP contribution >= 0.6 is 0 Å². The van der Waals surface area contributed by atoms with E-state index in [0.29, 0.717) is 32.7 Å². The number of aryl methyl sites for hydroxylation is 1. The minimum atomic E-state index is -3.49. The molecule has 1 atom stereocenters. The fourth-order valence-electron chi connectivity index (χ4n) is 4.45. The molecule has 2 aromatic rings. The number of aromatic nitrogens is 1. The van der Waals surface area contributed by atoms with Crippen LogP contribution in [0, 0.1) is 0 Å². The van der Waals surface area contributed by atoms with Crippen LogP contribution in [-0.4, -0.2) is 72.3 Å². The van der Waals surface area contributed by atoms with E-state index in [4.69, 9.17) is 0 Å². The second-order valence-electron chi connectivity index (χ2n) is 8.21. The number of rotatable bonds is 6. The molecule has 1 aromatic carbocycles. The molecule has 1 unspecified atom stereocenters. The number of carbonyl (C=O) groups is 1. The second-order valence-corrected chi connectivity index (χ2v) is 10.0. The van der Waals surface area contributed by atoms with Crippen molar-refractivity contribution < 1.29 is 13.2 Å². The summed E-state index contributed by atoms with van der Waals surface area (Å²) >= 11 is 0. The van der Waals surface area contributed by atoms with Gasteiger partial charge in [-0.2, -0.15) is 4.31 Å². The van der Waals surface area contributed by atoms with Crippen LogP contribution in [0.5, 0.6) is 0 Å². The molecule has 1 aromatic heterocycles. The lowest BCUT2D eigenvalue weighted by Crippen LogP contribution is -2.52. The van der Waals surface area contributed by atoms with E-state index in [2.05, 4.69) is 15.5 Å². The van der Waals surface area contributed by atoms with Gasteiger partial charge in [0, 0.05) is 50.5 Å². The fraction of sp³-hybridized carbons (Fsp3) is 0.435. The maximum atomic E-state index is 12.9. The molecule has 0 bridgehead atoms.